The summed E-state index contributed by atoms with van der Waals surface area (Å²) in [6.07, 6.45) is 0. The SMILES string of the molecule is COc1ccc([C@]2(C)NC(=O)N(CC(=O)N(C)C)C2=O)cc1. The lowest BCUT2D eigenvalue weighted by molar-refractivity contribution is -0.137. The van der Waals surface area contributed by atoms with Crippen molar-refractivity contribution in [2.24, 2.45) is 0 Å². The number of hydrogen-bond donors (Lipinski definition) is 1. The Bertz CT molecular complexity index is 612. The third-order valence-electron chi connectivity index (χ3n) is 3.73. The van der Waals surface area contributed by atoms with Gasteiger partial charge in [0.1, 0.15) is 17.8 Å². The van der Waals surface area contributed by atoms with Gasteiger partial charge in [-0.1, -0.05) is 12.1 Å². The maximum Gasteiger partial charge on any atom is 0.325 e. The molecule has 1 aromatic carbocycles. The molecular formula is C15H19N3O4. The van der Waals surface area contributed by atoms with E-state index in [2.05, 4.69) is 5.32 Å². The highest BCUT2D eigenvalue weighted by atomic mass is 16.5. The van der Waals surface area contributed by atoms with Crippen molar-refractivity contribution in [1.82, 2.24) is 15.1 Å². The molecule has 1 atom stereocenters. The van der Waals surface area contributed by atoms with Gasteiger partial charge in [-0.3, -0.25) is 14.5 Å². The second kappa shape index (κ2) is 5.67. The number of rotatable bonds is 4. The number of carbonyl (C=O) groups excluding carboxylic acids is 3. The van der Waals surface area contributed by atoms with Crippen molar-refractivity contribution in [3.8, 4) is 5.75 Å². The molecule has 7 heteroatoms. The monoisotopic (exact) mass is 305 g/mol. The van der Waals surface area contributed by atoms with Gasteiger partial charge in [0, 0.05) is 14.1 Å². The van der Waals surface area contributed by atoms with Crippen molar-refractivity contribution in [2.45, 2.75) is 12.5 Å². The van der Waals surface area contributed by atoms with E-state index in [1.54, 1.807) is 52.4 Å². The number of nitrogens with one attached hydrogen (secondary N) is 1. The molecule has 0 radical (unpaired) electrons. The van der Waals surface area contributed by atoms with Crippen molar-refractivity contribution < 1.29 is 19.1 Å². The van der Waals surface area contributed by atoms with E-state index in [0.717, 1.165) is 4.90 Å². The minimum Gasteiger partial charge on any atom is -0.497 e. The number of hydrogen-bond acceptors (Lipinski definition) is 4. The summed E-state index contributed by atoms with van der Waals surface area (Å²) in [7, 11) is 4.70. The summed E-state index contributed by atoms with van der Waals surface area (Å²) in [6.45, 7) is 1.35. The number of nitrogens with zero attached hydrogens (tertiary/aromatic N) is 2. The van der Waals surface area contributed by atoms with Crippen molar-refractivity contribution >= 4 is 17.8 Å². The van der Waals surface area contributed by atoms with Crippen LogP contribution in [0.2, 0.25) is 0 Å². The third kappa shape index (κ3) is 2.61. The van der Waals surface area contributed by atoms with Gasteiger partial charge in [-0.05, 0) is 24.6 Å². The van der Waals surface area contributed by atoms with Crippen LogP contribution in [0.1, 0.15) is 12.5 Å². The highest BCUT2D eigenvalue weighted by Crippen LogP contribution is 2.29. The fourth-order valence-electron chi connectivity index (χ4n) is 2.24. The summed E-state index contributed by atoms with van der Waals surface area (Å²) in [4.78, 5) is 38.7. The van der Waals surface area contributed by atoms with Gasteiger partial charge in [0.15, 0.2) is 0 Å². The maximum atomic E-state index is 12.6. The van der Waals surface area contributed by atoms with Crippen LogP contribution >= 0.6 is 0 Å². The van der Waals surface area contributed by atoms with E-state index in [4.69, 9.17) is 4.74 Å². The van der Waals surface area contributed by atoms with Gasteiger partial charge < -0.3 is 15.0 Å². The summed E-state index contributed by atoms with van der Waals surface area (Å²) in [5.74, 6) is -0.107. The lowest BCUT2D eigenvalue weighted by Crippen LogP contribution is -2.43. The molecule has 0 bridgehead atoms. The molecule has 0 spiro atoms. The molecule has 22 heavy (non-hydrogen) atoms. The van der Waals surface area contributed by atoms with Crippen LogP contribution in [0.4, 0.5) is 4.79 Å². The number of urea groups is 1. The molecule has 1 aliphatic rings. The van der Waals surface area contributed by atoms with Gasteiger partial charge in [-0.15, -0.1) is 0 Å². The number of amides is 4. The summed E-state index contributed by atoms with van der Waals surface area (Å²) >= 11 is 0. The Balaban J connectivity index is 2.26. The highest BCUT2D eigenvalue weighted by Gasteiger charge is 2.49. The normalized spacial score (nSPS) is 20.8. The predicted molar refractivity (Wildman–Crippen MR) is 79.3 cm³/mol. The molecule has 1 heterocycles. The summed E-state index contributed by atoms with van der Waals surface area (Å²) in [5, 5.41) is 2.65. The van der Waals surface area contributed by atoms with Gasteiger partial charge in [0.25, 0.3) is 5.91 Å². The van der Waals surface area contributed by atoms with Crippen LogP contribution in [0.15, 0.2) is 24.3 Å². The van der Waals surface area contributed by atoms with E-state index in [-0.39, 0.29) is 12.5 Å². The first kappa shape index (κ1) is 15.8. The Morgan fingerprint density at radius 3 is 2.36 bits per heavy atom. The van der Waals surface area contributed by atoms with Crippen molar-refractivity contribution in [3.63, 3.8) is 0 Å². The molecule has 0 aromatic heterocycles. The second-order valence-electron chi connectivity index (χ2n) is 5.46. The number of carbonyl (C=O) groups is 3. The summed E-state index contributed by atoms with van der Waals surface area (Å²) < 4.78 is 5.08. The van der Waals surface area contributed by atoms with Crippen molar-refractivity contribution in [2.75, 3.05) is 27.7 Å². The largest absolute Gasteiger partial charge is 0.497 e. The van der Waals surface area contributed by atoms with Gasteiger partial charge in [-0.25, -0.2) is 4.79 Å². The van der Waals surface area contributed by atoms with Crippen molar-refractivity contribution in [3.05, 3.63) is 29.8 Å². The maximum absolute atomic E-state index is 12.6. The van der Waals surface area contributed by atoms with Crippen LogP contribution in [0.3, 0.4) is 0 Å². The molecule has 1 N–H and O–H groups in total. The molecular weight excluding hydrogens is 286 g/mol. The van der Waals surface area contributed by atoms with E-state index >= 15 is 0 Å². The first-order valence-corrected chi connectivity index (χ1v) is 6.78. The minimum absolute atomic E-state index is 0.274. The Labute approximate surface area is 128 Å². The number of methoxy groups -OCH3 is 1. The van der Waals surface area contributed by atoms with Gasteiger partial charge in [-0.2, -0.15) is 0 Å². The van der Waals surface area contributed by atoms with Crippen LogP contribution in [0.25, 0.3) is 0 Å². The minimum atomic E-state index is -1.18. The quantitative estimate of drug-likeness (QED) is 0.824. The summed E-state index contributed by atoms with van der Waals surface area (Å²) in [5.41, 5.74) is -0.554. The summed E-state index contributed by atoms with van der Waals surface area (Å²) in [6, 6.07) is 6.29. The van der Waals surface area contributed by atoms with Crippen LogP contribution in [0, 0.1) is 0 Å². The van der Waals surface area contributed by atoms with E-state index in [9.17, 15) is 14.4 Å². The zero-order valence-electron chi connectivity index (χ0n) is 13.0. The number of ether oxygens (including phenoxy) is 1. The first-order valence-electron chi connectivity index (χ1n) is 6.78. The fraction of sp³-hybridized carbons (Fsp3) is 0.400. The number of imide groups is 1. The standard InChI is InChI=1S/C15H19N3O4/c1-15(10-5-7-11(22-4)8-6-10)13(20)18(14(21)16-15)9-12(19)17(2)3/h5-8H,9H2,1-4H3,(H,16,21)/t15-/m0/s1. The lowest BCUT2D eigenvalue weighted by Gasteiger charge is -2.22. The molecule has 1 fully saturated rings. The van der Waals surface area contributed by atoms with Crippen LogP contribution in [-0.4, -0.2) is 55.4 Å². The molecule has 1 saturated heterocycles. The molecule has 0 unspecified atom stereocenters. The van der Waals surface area contributed by atoms with E-state index in [1.165, 1.54) is 4.90 Å². The molecule has 7 nitrogen and oxygen atoms in total. The van der Waals surface area contributed by atoms with Gasteiger partial charge in [0.2, 0.25) is 5.91 Å². The van der Waals surface area contributed by atoms with E-state index in [1.807, 2.05) is 0 Å². The zero-order valence-corrected chi connectivity index (χ0v) is 13.0. The Hall–Kier alpha value is -2.57. The van der Waals surface area contributed by atoms with Gasteiger partial charge in [0.05, 0.1) is 7.11 Å². The smallest absolute Gasteiger partial charge is 0.325 e. The molecule has 2 rings (SSSR count). The fourth-order valence-corrected chi connectivity index (χ4v) is 2.24. The average molecular weight is 305 g/mol. The Kier molecular flexibility index (Phi) is 4.07. The van der Waals surface area contributed by atoms with Gasteiger partial charge >= 0.3 is 6.03 Å². The third-order valence-corrected chi connectivity index (χ3v) is 3.73. The Morgan fingerprint density at radius 2 is 1.86 bits per heavy atom. The molecule has 118 valence electrons. The zero-order chi connectivity index (χ0) is 16.5. The molecule has 0 aliphatic carbocycles. The lowest BCUT2D eigenvalue weighted by atomic mass is 9.92. The number of likely N-dealkylation sites (N-methyl/N-ethyl adjacent to an activating group) is 1. The van der Waals surface area contributed by atoms with E-state index in [0.29, 0.717) is 11.3 Å². The predicted octanol–water partition coefficient (Wildman–Crippen LogP) is 0.550. The molecule has 0 saturated carbocycles. The molecule has 1 aromatic rings. The molecule has 4 amide bonds. The second-order valence-corrected chi connectivity index (χ2v) is 5.46. The molecule has 1 aliphatic heterocycles. The first-order chi connectivity index (χ1) is 10.3. The highest BCUT2D eigenvalue weighted by molar-refractivity contribution is 6.09. The number of benzene rings is 1. The topological polar surface area (TPSA) is 79.0 Å². The van der Waals surface area contributed by atoms with Crippen LogP contribution in [-0.2, 0) is 15.1 Å². The van der Waals surface area contributed by atoms with E-state index < -0.39 is 17.5 Å². The van der Waals surface area contributed by atoms with Crippen LogP contribution in [0.5, 0.6) is 5.75 Å². The van der Waals surface area contributed by atoms with Crippen molar-refractivity contribution in [1.29, 1.82) is 0 Å². The average Bonchev–Trinajstić information content (AvgIpc) is 2.71. The van der Waals surface area contributed by atoms with Crippen LogP contribution < -0.4 is 10.1 Å². The Morgan fingerprint density at radius 1 is 1.27 bits per heavy atom.